The predicted molar refractivity (Wildman–Crippen MR) is 55.7 cm³/mol. The summed E-state index contributed by atoms with van der Waals surface area (Å²) in [6, 6.07) is 6.75. The van der Waals surface area contributed by atoms with Crippen LogP contribution in [0.5, 0.6) is 0 Å². The Bertz CT molecular complexity index is 401. The van der Waals surface area contributed by atoms with Gasteiger partial charge >= 0.3 is 0 Å². The van der Waals surface area contributed by atoms with Gasteiger partial charge in [-0.1, -0.05) is 6.07 Å². The number of rotatable bonds is 2. The van der Waals surface area contributed by atoms with Crippen molar-refractivity contribution in [3.05, 3.63) is 41.8 Å². The Morgan fingerprint density at radius 3 is 2.43 bits per heavy atom. The molecule has 72 valence electrons. The standard InChI is InChI=1S/C11H12N2O/c1-8-5-9(2)7-10(6-8)13-11-12-3-4-14-11/h3-7H,1-2H3,(H,12,13). The van der Waals surface area contributed by atoms with Gasteiger partial charge in [-0.3, -0.25) is 0 Å². The van der Waals surface area contributed by atoms with E-state index in [2.05, 4.69) is 42.3 Å². The average molecular weight is 188 g/mol. The van der Waals surface area contributed by atoms with Gasteiger partial charge in [0, 0.05) is 5.69 Å². The van der Waals surface area contributed by atoms with Gasteiger partial charge in [0.05, 0.1) is 6.20 Å². The van der Waals surface area contributed by atoms with Crippen LogP contribution in [-0.4, -0.2) is 4.98 Å². The maximum Gasteiger partial charge on any atom is 0.299 e. The van der Waals surface area contributed by atoms with E-state index in [1.807, 2.05) is 0 Å². The smallest absolute Gasteiger partial charge is 0.299 e. The van der Waals surface area contributed by atoms with Crippen LogP contribution in [0.4, 0.5) is 11.7 Å². The largest absolute Gasteiger partial charge is 0.432 e. The zero-order valence-corrected chi connectivity index (χ0v) is 8.24. The minimum Gasteiger partial charge on any atom is -0.432 e. The zero-order chi connectivity index (χ0) is 9.97. The van der Waals surface area contributed by atoms with E-state index in [0.717, 1.165) is 5.69 Å². The van der Waals surface area contributed by atoms with Gasteiger partial charge in [-0.15, -0.1) is 0 Å². The summed E-state index contributed by atoms with van der Waals surface area (Å²) >= 11 is 0. The summed E-state index contributed by atoms with van der Waals surface area (Å²) in [5.41, 5.74) is 3.45. The van der Waals surface area contributed by atoms with E-state index < -0.39 is 0 Å². The summed E-state index contributed by atoms with van der Waals surface area (Å²) in [6.45, 7) is 4.13. The molecule has 0 aliphatic heterocycles. The van der Waals surface area contributed by atoms with Gasteiger partial charge in [-0.25, -0.2) is 4.98 Å². The van der Waals surface area contributed by atoms with E-state index >= 15 is 0 Å². The van der Waals surface area contributed by atoms with Gasteiger partial charge in [0.15, 0.2) is 0 Å². The predicted octanol–water partition coefficient (Wildman–Crippen LogP) is 3.04. The van der Waals surface area contributed by atoms with Gasteiger partial charge < -0.3 is 9.73 Å². The normalized spacial score (nSPS) is 10.1. The van der Waals surface area contributed by atoms with Gasteiger partial charge in [-0.05, 0) is 37.1 Å². The summed E-state index contributed by atoms with van der Waals surface area (Å²) in [6.07, 6.45) is 3.16. The number of aryl methyl sites for hydroxylation is 2. The van der Waals surface area contributed by atoms with Gasteiger partial charge in [0.2, 0.25) is 0 Å². The van der Waals surface area contributed by atoms with Crippen molar-refractivity contribution in [2.45, 2.75) is 13.8 Å². The Morgan fingerprint density at radius 2 is 1.86 bits per heavy atom. The molecule has 0 aliphatic rings. The van der Waals surface area contributed by atoms with Crippen LogP contribution in [0.2, 0.25) is 0 Å². The first kappa shape index (κ1) is 8.81. The molecule has 0 unspecified atom stereocenters. The average Bonchev–Trinajstić information content (AvgIpc) is 2.54. The zero-order valence-electron chi connectivity index (χ0n) is 8.24. The minimum atomic E-state index is 0.523. The number of benzene rings is 1. The lowest BCUT2D eigenvalue weighted by molar-refractivity contribution is 0.578. The molecule has 3 heteroatoms. The van der Waals surface area contributed by atoms with E-state index in [-0.39, 0.29) is 0 Å². The number of nitrogens with zero attached hydrogens (tertiary/aromatic N) is 1. The van der Waals surface area contributed by atoms with Crippen molar-refractivity contribution >= 4 is 11.7 Å². The summed E-state index contributed by atoms with van der Waals surface area (Å²) in [7, 11) is 0. The molecule has 0 atom stereocenters. The van der Waals surface area contributed by atoms with E-state index in [9.17, 15) is 0 Å². The lowest BCUT2D eigenvalue weighted by Crippen LogP contribution is -1.91. The van der Waals surface area contributed by atoms with Crippen molar-refractivity contribution in [2.75, 3.05) is 5.32 Å². The molecule has 0 aliphatic carbocycles. The number of nitrogens with one attached hydrogen (secondary N) is 1. The second kappa shape index (κ2) is 3.54. The van der Waals surface area contributed by atoms with E-state index in [4.69, 9.17) is 4.42 Å². The van der Waals surface area contributed by atoms with E-state index in [0.29, 0.717) is 6.01 Å². The number of oxazole rings is 1. The molecule has 1 aromatic heterocycles. The molecular weight excluding hydrogens is 176 g/mol. The molecule has 2 rings (SSSR count). The number of hydrogen-bond acceptors (Lipinski definition) is 3. The second-order valence-electron chi connectivity index (χ2n) is 3.34. The molecule has 2 aromatic rings. The molecule has 0 fully saturated rings. The highest BCUT2D eigenvalue weighted by Gasteiger charge is 1.99. The van der Waals surface area contributed by atoms with Crippen molar-refractivity contribution in [2.24, 2.45) is 0 Å². The van der Waals surface area contributed by atoms with Crippen molar-refractivity contribution in [3.63, 3.8) is 0 Å². The summed E-state index contributed by atoms with van der Waals surface area (Å²) in [5, 5.41) is 3.09. The van der Waals surface area contributed by atoms with Crippen LogP contribution in [0, 0.1) is 13.8 Å². The minimum absolute atomic E-state index is 0.523. The lowest BCUT2D eigenvalue weighted by atomic mass is 10.1. The Kier molecular flexibility index (Phi) is 2.23. The summed E-state index contributed by atoms with van der Waals surface area (Å²) < 4.78 is 5.09. The van der Waals surface area contributed by atoms with Crippen LogP contribution in [0.3, 0.4) is 0 Å². The Labute approximate surface area is 82.8 Å². The fourth-order valence-electron chi connectivity index (χ4n) is 1.46. The van der Waals surface area contributed by atoms with Crippen LogP contribution in [0.1, 0.15) is 11.1 Å². The van der Waals surface area contributed by atoms with E-state index in [1.165, 1.54) is 11.1 Å². The fraction of sp³-hybridized carbons (Fsp3) is 0.182. The summed E-state index contributed by atoms with van der Waals surface area (Å²) in [4.78, 5) is 3.99. The maximum atomic E-state index is 5.09. The Balaban J connectivity index is 2.25. The van der Waals surface area contributed by atoms with Crippen LogP contribution >= 0.6 is 0 Å². The molecule has 1 N–H and O–H groups in total. The highest BCUT2D eigenvalue weighted by molar-refractivity contribution is 5.54. The van der Waals surface area contributed by atoms with Gasteiger partial charge in [0.1, 0.15) is 6.26 Å². The third kappa shape index (κ3) is 1.93. The van der Waals surface area contributed by atoms with Crippen molar-refractivity contribution in [3.8, 4) is 0 Å². The molecule has 0 spiro atoms. The third-order valence-electron chi connectivity index (χ3n) is 1.91. The fourth-order valence-corrected chi connectivity index (χ4v) is 1.46. The Hall–Kier alpha value is -1.77. The summed E-state index contributed by atoms with van der Waals surface area (Å²) in [5.74, 6) is 0. The van der Waals surface area contributed by atoms with Gasteiger partial charge in [-0.2, -0.15) is 0 Å². The van der Waals surface area contributed by atoms with Crippen LogP contribution in [0.15, 0.2) is 35.1 Å². The lowest BCUT2D eigenvalue weighted by Gasteiger charge is -2.04. The number of aromatic nitrogens is 1. The Morgan fingerprint density at radius 1 is 1.14 bits per heavy atom. The number of hydrogen-bond donors (Lipinski definition) is 1. The number of anilines is 2. The molecule has 14 heavy (non-hydrogen) atoms. The van der Waals surface area contributed by atoms with Crippen LogP contribution in [-0.2, 0) is 0 Å². The first-order valence-corrected chi connectivity index (χ1v) is 4.49. The first-order chi connectivity index (χ1) is 6.74. The molecule has 3 nitrogen and oxygen atoms in total. The van der Waals surface area contributed by atoms with Crippen molar-refractivity contribution < 1.29 is 4.42 Å². The van der Waals surface area contributed by atoms with E-state index in [1.54, 1.807) is 12.5 Å². The topological polar surface area (TPSA) is 38.1 Å². The molecular formula is C11H12N2O. The van der Waals surface area contributed by atoms with Crippen molar-refractivity contribution in [1.29, 1.82) is 0 Å². The molecule has 0 bridgehead atoms. The molecule has 1 aromatic carbocycles. The van der Waals surface area contributed by atoms with Crippen molar-refractivity contribution in [1.82, 2.24) is 4.98 Å². The third-order valence-corrected chi connectivity index (χ3v) is 1.91. The SMILES string of the molecule is Cc1cc(C)cc(Nc2ncco2)c1. The van der Waals surface area contributed by atoms with Gasteiger partial charge in [0.25, 0.3) is 6.01 Å². The highest BCUT2D eigenvalue weighted by Crippen LogP contribution is 2.17. The van der Waals surface area contributed by atoms with Crippen LogP contribution < -0.4 is 5.32 Å². The van der Waals surface area contributed by atoms with Crippen LogP contribution in [0.25, 0.3) is 0 Å². The molecule has 0 saturated carbocycles. The molecule has 1 heterocycles. The maximum absolute atomic E-state index is 5.09. The molecule has 0 amide bonds. The quantitative estimate of drug-likeness (QED) is 0.787. The first-order valence-electron chi connectivity index (χ1n) is 4.49. The monoisotopic (exact) mass is 188 g/mol. The molecule has 0 radical (unpaired) electrons. The highest BCUT2D eigenvalue weighted by atomic mass is 16.4. The molecule has 0 saturated heterocycles. The second-order valence-corrected chi connectivity index (χ2v) is 3.34.